The molecule has 1 aromatic rings. The molecule has 2 fully saturated rings. The first-order chi connectivity index (χ1) is 12.1. The quantitative estimate of drug-likeness (QED) is 0.866. The van der Waals surface area contributed by atoms with Crippen molar-refractivity contribution in [1.29, 1.82) is 0 Å². The summed E-state index contributed by atoms with van der Waals surface area (Å²) in [6.45, 7) is 5.03. The van der Waals surface area contributed by atoms with Crippen LogP contribution in [0.2, 0.25) is 0 Å². The van der Waals surface area contributed by atoms with Crippen LogP contribution in [0.4, 0.5) is 14.5 Å². The van der Waals surface area contributed by atoms with Gasteiger partial charge in [-0.1, -0.05) is 0 Å². The molecular weight excluding hydrogens is 344 g/mol. The minimum Gasteiger partial charge on any atom is -0.323 e. The van der Waals surface area contributed by atoms with Crippen molar-refractivity contribution in [2.45, 2.75) is 25.3 Å². The van der Waals surface area contributed by atoms with Crippen molar-refractivity contribution in [1.82, 2.24) is 9.80 Å². The zero-order valence-electron chi connectivity index (χ0n) is 14.3. The van der Waals surface area contributed by atoms with Gasteiger partial charge in [-0.15, -0.1) is 0 Å². The van der Waals surface area contributed by atoms with Crippen LogP contribution in [0, 0.1) is 11.6 Å². The second-order valence-corrected chi connectivity index (χ2v) is 7.87. The van der Waals surface area contributed by atoms with Gasteiger partial charge in [-0.3, -0.25) is 9.69 Å². The summed E-state index contributed by atoms with van der Waals surface area (Å²) in [4.78, 5) is 16.9. The molecule has 1 N–H and O–H groups in total. The van der Waals surface area contributed by atoms with Crippen molar-refractivity contribution in [3.63, 3.8) is 0 Å². The van der Waals surface area contributed by atoms with Gasteiger partial charge in [-0.05, 0) is 38.1 Å². The Bertz CT molecular complexity index is 588. The molecule has 0 radical (unpaired) electrons. The Balaban J connectivity index is 1.39. The zero-order chi connectivity index (χ0) is 17.6. The van der Waals surface area contributed by atoms with E-state index in [4.69, 9.17) is 0 Å². The molecule has 0 saturated carbocycles. The second kappa shape index (κ2) is 8.96. The normalized spacial score (nSPS) is 20.6. The van der Waals surface area contributed by atoms with E-state index in [1.54, 1.807) is 0 Å². The minimum atomic E-state index is -0.616. The number of benzene rings is 1. The Kier molecular flexibility index (Phi) is 6.67. The molecule has 0 aliphatic carbocycles. The fourth-order valence-corrected chi connectivity index (χ4v) is 4.45. The van der Waals surface area contributed by atoms with E-state index >= 15 is 0 Å². The van der Waals surface area contributed by atoms with Crippen molar-refractivity contribution in [2.75, 3.05) is 49.5 Å². The number of carbonyl (C=O) groups is 1. The number of likely N-dealkylation sites (tertiary alicyclic amines) is 1. The van der Waals surface area contributed by atoms with Crippen LogP contribution in [-0.4, -0.2) is 66.0 Å². The topological polar surface area (TPSA) is 35.6 Å². The van der Waals surface area contributed by atoms with Gasteiger partial charge in [-0.2, -0.15) is 11.8 Å². The number of piperidine rings is 1. The molecule has 4 nitrogen and oxygen atoms in total. The summed E-state index contributed by atoms with van der Waals surface area (Å²) in [6, 6.07) is 3.74. The zero-order valence-corrected chi connectivity index (χ0v) is 15.2. The highest BCUT2D eigenvalue weighted by molar-refractivity contribution is 7.99. The van der Waals surface area contributed by atoms with Crippen LogP contribution in [0.3, 0.4) is 0 Å². The number of anilines is 1. The number of hydrogen-bond acceptors (Lipinski definition) is 4. The molecule has 1 amide bonds. The maximum absolute atomic E-state index is 13.5. The van der Waals surface area contributed by atoms with Crippen LogP contribution in [0.1, 0.15) is 19.3 Å². The van der Waals surface area contributed by atoms with Crippen LogP contribution < -0.4 is 5.32 Å². The number of carbonyl (C=O) groups excluding carboxylic acids is 1. The minimum absolute atomic E-state index is 0.0910. The molecular formula is C18H25F2N3OS. The fraction of sp³-hybridized carbons (Fsp3) is 0.611. The lowest BCUT2D eigenvalue weighted by molar-refractivity contribution is -0.116. The number of nitrogens with zero attached hydrogens (tertiary/aromatic N) is 2. The van der Waals surface area contributed by atoms with Gasteiger partial charge in [0.1, 0.15) is 11.6 Å². The molecule has 2 aliphatic rings. The van der Waals surface area contributed by atoms with Crippen LogP contribution in [0.25, 0.3) is 0 Å². The first-order valence-corrected chi connectivity index (χ1v) is 10.1. The monoisotopic (exact) mass is 369 g/mol. The van der Waals surface area contributed by atoms with Gasteiger partial charge in [0.15, 0.2) is 0 Å². The molecule has 2 aliphatic heterocycles. The summed E-state index contributed by atoms with van der Waals surface area (Å²) >= 11 is 2.03. The van der Waals surface area contributed by atoms with E-state index in [1.807, 2.05) is 11.8 Å². The highest BCUT2D eigenvalue weighted by Crippen LogP contribution is 2.21. The molecule has 0 aromatic heterocycles. The van der Waals surface area contributed by atoms with E-state index in [0.717, 1.165) is 44.1 Å². The van der Waals surface area contributed by atoms with Crippen LogP contribution in [-0.2, 0) is 4.79 Å². The number of halogens is 2. The smallest absolute Gasteiger partial charge is 0.225 e. The third kappa shape index (κ3) is 5.39. The van der Waals surface area contributed by atoms with E-state index in [0.29, 0.717) is 19.0 Å². The largest absolute Gasteiger partial charge is 0.323 e. The Morgan fingerprint density at radius 1 is 1.16 bits per heavy atom. The summed E-state index contributed by atoms with van der Waals surface area (Å²) in [5.41, 5.74) is -0.0910. The van der Waals surface area contributed by atoms with Gasteiger partial charge in [0.2, 0.25) is 5.91 Å². The van der Waals surface area contributed by atoms with E-state index in [9.17, 15) is 13.6 Å². The molecule has 138 valence electrons. The summed E-state index contributed by atoms with van der Waals surface area (Å²) < 4.78 is 26.7. The lowest BCUT2D eigenvalue weighted by Crippen LogP contribution is -2.48. The van der Waals surface area contributed by atoms with Crippen LogP contribution >= 0.6 is 11.8 Å². The van der Waals surface area contributed by atoms with E-state index in [1.165, 1.54) is 24.6 Å². The number of nitrogens with one attached hydrogen (secondary N) is 1. The van der Waals surface area contributed by atoms with Gasteiger partial charge in [0.05, 0.1) is 5.69 Å². The molecule has 2 saturated heterocycles. The Hall–Kier alpha value is -1.18. The predicted molar refractivity (Wildman–Crippen MR) is 98.0 cm³/mol. The molecule has 25 heavy (non-hydrogen) atoms. The first kappa shape index (κ1) is 18.6. The molecule has 1 aromatic carbocycles. The molecule has 0 bridgehead atoms. The van der Waals surface area contributed by atoms with Crippen LogP contribution in [0.15, 0.2) is 18.2 Å². The summed E-state index contributed by atoms with van der Waals surface area (Å²) in [7, 11) is 0. The van der Waals surface area contributed by atoms with Gasteiger partial charge in [-0.25, -0.2) is 8.78 Å². The van der Waals surface area contributed by atoms with Crippen LogP contribution in [0.5, 0.6) is 0 Å². The first-order valence-electron chi connectivity index (χ1n) is 8.91. The summed E-state index contributed by atoms with van der Waals surface area (Å²) in [6.07, 6.45) is 2.58. The lowest BCUT2D eigenvalue weighted by Gasteiger charge is -2.40. The third-order valence-electron chi connectivity index (χ3n) is 4.98. The molecule has 7 heteroatoms. The number of amides is 1. The predicted octanol–water partition coefficient (Wildman–Crippen LogP) is 2.81. The van der Waals surface area contributed by atoms with Gasteiger partial charge in [0, 0.05) is 49.7 Å². The average Bonchev–Trinajstić information content (AvgIpc) is 2.64. The Morgan fingerprint density at radius 3 is 2.60 bits per heavy atom. The number of rotatable bonds is 5. The van der Waals surface area contributed by atoms with Crippen molar-refractivity contribution in [3.8, 4) is 0 Å². The van der Waals surface area contributed by atoms with Crippen molar-refractivity contribution >= 4 is 23.4 Å². The summed E-state index contributed by atoms with van der Waals surface area (Å²) in [5, 5.41) is 2.46. The standard InChI is InChI=1S/C18H25F2N3OS/c19-14-1-2-16(20)17(13-14)21-18(24)5-8-22-6-3-15(4-7-22)23-9-11-25-12-10-23/h1-2,13,15H,3-12H2,(H,21,24). The highest BCUT2D eigenvalue weighted by atomic mass is 32.2. The molecule has 2 heterocycles. The molecule has 0 unspecified atom stereocenters. The molecule has 0 atom stereocenters. The maximum atomic E-state index is 13.5. The van der Waals surface area contributed by atoms with E-state index in [-0.39, 0.29) is 11.6 Å². The van der Waals surface area contributed by atoms with E-state index in [2.05, 4.69) is 15.1 Å². The lowest BCUT2D eigenvalue weighted by atomic mass is 10.0. The van der Waals surface area contributed by atoms with Gasteiger partial charge < -0.3 is 10.2 Å². The molecule has 3 rings (SSSR count). The number of hydrogen-bond donors (Lipinski definition) is 1. The average molecular weight is 369 g/mol. The maximum Gasteiger partial charge on any atom is 0.225 e. The van der Waals surface area contributed by atoms with Crippen molar-refractivity contribution in [3.05, 3.63) is 29.8 Å². The SMILES string of the molecule is O=C(CCN1CCC(N2CCSCC2)CC1)Nc1cc(F)ccc1F. The Labute approximate surface area is 151 Å². The highest BCUT2D eigenvalue weighted by Gasteiger charge is 2.25. The van der Waals surface area contributed by atoms with Crippen molar-refractivity contribution < 1.29 is 13.6 Å². The molecule has 0 spiro atoms. The fourth-order valence-electron chi connectivity index (χ4n) is 3.52. The number of thioether (sulfide) groups is 1. The van der Waals surface area contributed by atoms with E-state index < -0.39 is 11.6 Å². The van der Waals surface area contributed by atoms with Gasteiger partial charge >= 0.3 is 0 Å². The van der Waals surface area contributed by atoms with Gasteiger partial charge in [0.25, 0.3) is 0 Å². The second-order valence-electron chi connectivity index (χ2n) is 6.64. The third-order valence-corrected chi connectivity index (χ3v) is 5.92. The Morgan fingerprint density at radius 2 is 1.88 bits per heavy atom. The summed E-state index contributed by atoms with van der Waals surface area (Å²) in [5.74, 6) is 1.01. The van der Waals surface area contributed by atoms with Crippen molar-refractivity contribution in [2.24, 2.45) is 0 Å².